The number of esters is 1. The molecular weight excluding hydrogens is 347 g/mol. The zero-order valence-corrected chi connectivity index (χ0v) is 13.1. The maximum absolute atomic E-state index is 12.7. The first-order chi connectivity index (χ1) is 11.1. The summed E-state index contributed by atoms with van der Waals surface area (Å²) in [5, 5.41) is 0. The molecule has 128 valence electrons. The number of benzene rings is 2. The Morgan fingerprint density at radius 3 is 2.38 bits per heavy atom. The lowest BCUT2D eigenvalue weighted by molar-refractivity contribution is -0.137. The molecule has 0 saturated carbocycles. The second kappa shape index (κ2) is 6.52. The first kappa shape index (κ1) is 17.8. The molecule has 0 aliphatic heterocycles. The number of alkyl halides is 3. The van der Waals surface area contributed by atoms with Gasteiger partial charge >= 0.3 is 12.1 Å². The molecule has 0 saturated heterocycles. The molecule has 0 unspecified atom stereocenters. The van der Waals surface area contributed by atoms with Crippen LogP contribution in [0.25, 0.3) is 0 Å². The molecule has 24 heavy (non-hydrogen) atoms. The number of anilines is 1. The largest absolute Gasteiger partial charge is 0.465 e. The molecule has 0 aliphatic rings. The van der Waals surface area contributed by atoms with Crippen molar-refractivity contribution in [3.8, 4) is 0 Å². The molecule has 0 amide bonds. The zero-order valence-electron chi connectivity index (χ0n) is 12.3. The minimum atomic E-state index is -4.61. The molecule has 9 heteroatoms. The van der Waals surface area contributed by atoms with Crippen molar-refractivity contribution < 1.29 is 31.1 Å². The summed E-state index contributed by atoms with van der Waals surface area (Å²) in [5.41, 5.74) is -1.49. The van der Waals surface area contributed by atoms with E-state index >= 15 is 0 Å². The standard InChI is InChI=1S/C15H12F3NO4S/c1-23-14(20)12-7-2-3-8-13(12)24(21,22)19-11-6-4-5-10(9-11)15(16,17)18/h2-9,19H,1H3. The van der Waals surface area contributed by atoms with Gasteiger partial charge in [-0.3, -0.25) is 4.72 Å². The normalized spacial score (nSPS) is 11.8. The Balaban J connectivity index is 2.42. The Hall–Kier alpha value is -2.55. The first-order valence-corrected chi connectivity index (χ1v) is 8.01. The number of sulfonamides is 1. The van der Waals surface area contributed by atoms with E-state index in [1.165, 1.54) is 24.3 Å². The Labute approximate surface area is 136 Å². The van der Waals surface area contributed by atoms with Crippen LogP contribution in [0.2, 0.25) is 0 Å². The summed E-state index contributed by atoms with van der Waals surface area (Å²) in [6.45, 7) is 0. The predicted octanol–water partition coefficient (Wildman–Crippen LogP) is 3.29. The van der Waals surface area contributed by atoms with E-state index in [1.807, 2.05) is 4.72 Å². The van der Waals surface area contributed by atoms with Gasteiger partial charge in [0.15, 0.2) is 0 Å². The third-order valence-electron chi connectivity index (χ3n) is 3.02. The maximum Gasteiger partial charge on any atom is 0.416 e. The van der Waals surface area contributed by atoms with Crippen LogP contribution >= 0.6 is 0 Å². The highest BCUT2D eigenvalue weighted by molar-refractivity contribution is 7.92. The van der Waals surface area contributed by atoms with Crippen molar-refractivity contribution in [3.05, 3.63) is 59.7 Å². The summed E-state index contributed by atoms with van der Waals surface area (Å²) >= 11 is 0. The molecule has 0 aliphatic carbocycles. The molecule has 0 heterocycles. The molecule has 0 spiro atoms. The quantitative estimate of drug-likeness (QED) is 0.851. The van der Waals surface area contributed by atoms with Gasteiger partial charge in [-0.05, 0) is 30.3 Å². The van der Waals surface area contributed by atoms with Crippen molar-refractivity contribution >= 4 is 21.7 Å². The van der Waals surface area contributed by atoms with Gasteiger partial charge in [-0.25, -0.2) is 13.2 Å². The Morgan fingerprint density at radius 2 is 1.75 bits per heavy atom. The van der Waals surface area contributed by atoms with Crippen molar-refractivity contribution in [3.63, 3.8) is 0 Å². The lowest BCUT2D eigenvalue weighted by Crippen LogP contribution is -2.18. The highest BCUT2D eigenvalue weighted by Gasteiger charge is 2.31. The average Bonchev–Trinajstić information content (AvgIpc) is 2.53. The van der Waals surface area contributed by atoms with Crippen LogP contribution in [0.4, 0.5) is 18.9 Å². The molecule has 0 aromatic heterocycles. The lowest BCUT2D eigenvalue weighted by atomic mass is 10.2. The molecule has 0 radical (unpaired) electrons. The summed E-state index contributed by atoms with van der Waals surface area (Å²) in [7, 11) is -3.19. The Bertz CT molecular complexity index is 863. The van der Waals surface area contributed by atoms with Gasteiger partial charge in [-0.15, -0.1) is 0 Å². The fourth-order valence-corrected chi connectivity index (χ4v) is 3.19. The van der Waals surface area contributed by atoms with Gasteiger partial charge in [-0.1, -0.05) is 18.2 Å². The molecule has 0 fully saturated rings. The number of nitrogens with one attached hydrogen (secondary N) is 1. The van der Waals surface area contributed by atoms with E-state index in [0.717, 1.165) is 25.3 Å². The van der Waals surface area contributed by atoms with Gasteiger partial charge in [0.25, 0.3) is 10.0 Å². The minimum absolute atomic E-state index is 0.223. The van der Waals surface area contributed by atoms with Gasteiger partial charge < -0.3 is 4.74 Å². The van der Waals surface area contributed by atoms with E-state index in [9.17, 15) is 26.4 Å². The smallest absolute Gasteiger partial charge is 0.416 e. The van der Waals surface area contributed by atoms with E-state index in [2.05, 4.69) is 4.74 Å². The van der Waals surface area contributed by atoms with Crippen LogP contribution < -0.4 is 4.72 Å². The van der Waals surface area contributed by atoms with Crippen molar-refractivity contribution in [2.24, 2.45) is 0 Å². The van der Waals surface area contributed by atoms with Crippen LogP contribution in [-0.4, -0.2) is 21.5 Å². The van der Waals surface area contributed by atoms with Crippen LogP contribution in [0, 0.1) is 0 Å². The number of halogens is 3. The highest BCUT2D eigenvalue weighted by Crippen LogP contribution is 2.31. The number of hydrogen-bond acceptors (Lipinski definition) is 4. The molecular formula is C15H12F3NO4S. The number of ether oxygens (including phenoxy) is 1. The molecule has 2 rings (SSSR count). The second-order valence-electron chi connectivity index (χ2n) is 4.67. The van der Waals surface area contributed by atoms with Crippen molar-refractivity contribution in [1.82, 2.24) is 0 Å². The van der Waals surface area contributed by atoms with Crippen molar-refractivity contribution in [1.29, 1.82) is 0 Å². The van der Waals surface area contributed by atoms with Crippen LogP contribution in [0.1, 0.15) is 15.9 Å². The monoisotopic (exact) mass is 359 g/mol. The molecule has 2 aromatic rings. The van der Waals surface area contributed by atoms with Crippen molar-refractivity contribution in [2.75, 3.05) is 11.8 Å². The second-order valence-corrected chi connectivity index (χ2v) is 6.32. The predicted molar refractivity (Wildman–Crippen MR) is 80.0 cm³/mol. The number of carbonyl (C=O) groups excluding carboxylic acids is 1. The third-order valence-corrected chi connectivity index (χ3v) is 4.46. The number of hydrogen-bond donors (Lipinski definition) is 1. The number of methoxy groups -OCH3 is 1. The molecule has 0 bridgehead atoms. The molecule has 0 atom stereocenters. The summed E-state index contributed by atoms with van der Waals surface area (Å²) < 4.78 is 69.4. The van der Waals surface area contributed by atoms with Gasteiger partial charge in [0.2, 0.25) is 0 Å². The summed E-state index contributed by atoms with van der Waals surface area (Å²) in [5.74, 6) is -0.875. The maximum atomic E-state index is 12.7. The van der Waals surface area contributed by atoms with Gasteiger partial charge in [0, 0.05) is 5.69 Å². The summed E-state index contributed by atoms with van der Waals surface area (Å²) in [6, 6.07) is 8.95. The number of carbonyl (C=O) groups is 1. The van der Waals surface area contributed by atoms with Gasteiger partial charge in [-0.2, -0.15) is 13.2 Å². The topological polar surface area (TPSA) is 72.5 Å². The van der Waals surface area contributed by atoms with Gasteiger partial charge in [0.05, 0.1) is 18.2 Å². The Morgan fingerprint density at radius 1 is 1.08 bits per heavy atom. The Kier molecular flexibility index (Phi) is 4.83. The van der Waals surface area contributed by atoms with Crippen LogP contribution in [-0.2, 0) is 20.9 Å². The van der Waals surface area contributed by atoms with Crippen LogP contribution in [0.3, 0.4) is 0 Å². The molecule has 1 N–H and O–H groups in total. The van der Waals surface area contributed by atoms with Crippen molar-refractivity contribution in [2.45, 2.75) is 11.1 Å². The SMILES string of the molecule is COC(=O)c1ccccc1S(=O)(=O)Nc1cccc(C(F)(F)F)c1. The van der Waals surface area contributed by atoms with E-state index < -0.39 is 32.6 Å². The van der Waals surface area contributed by atoms with Crippen LogP contribution in [0.15, 0.2) is 53.4 Å². The summed E-state index contributed by atoms with van der Waals surface area (Å²) in [6.07, 6.45) is -4.61. The first-order valence-electron chi connectivity index (χ1n) is 6.52. The summed E-state index contributed by atoms with van der Waals surface area (Å²) in [4.78, 5) is 11.3. The fraction of sp³-hybridized carbons (Fsp3) is 0.133. The highest BCUT2D eigenvalue weighted by atomic mass is 32.2. The lowest BCUT2D eigenvalue weighted by Gasteiger charge is -2.13. The van der Waals surface area contributed by atoms with Crippen LogP contribution in [0.5, 0.6) is 0 Å². The molecule has 2 aromatic carbocycles. The average molecular weight is 359 g/mol. The third kappa shape index (κ3) is 3.85. The van der Waals surface area contributed by atoms with E-state index in [-0.39, 0.29) is 11.3 Å². The van der Waals surface area contributed by atoms with Gasteiger partial charge in [0.1, 0.15) is 4.90 Å². The number of rotatable bonds is 4. The van der Waals surface area contributed by atoms with E-state index in [4.69, 9.17) is 0 Å². The van der Waals surface area contributed by atoms with E-state index in [0.29, 0.717) is 6.07 Å². The zero-order chi connectivity index (χ0) is 18.0. The molecule has 5 nitrogen and oxygen atoms in total. The fourth-order valence-electron chi connectivity index (χ4n) is 1.95. The van der Waals surface area contributed by atoms with E-state index in [1.54, 1.807) is 0 Å². The minimum Gasteiger partial charge on any atom is -0.465 e.